The maximum atomic E-state index is 6.05. The highest BCUT2D eigenvalue weighted by Gasteiger charge is 2.31. The molecule has 0 spiro atoms. The molecular weight excluding hydrogens is 312 g/mol. The SMILES string of the molecule is CN1CCN(c2cc(Br)ccc2CCl)CC1(C)C. The highest BCUT2D eigenvalue weighted by molar-refractivity contribution is 9.10. The van der Waals surface area contributed by atoms with Crippen LogP contribution in [0.25, 0.3) is 0 Å². The molecule has 1 fully saturated rings. The Bertz CT molecular complexity index is 434. The van der Waals surface area contributed by atoms with E-state index in [0.29, 0.717) is 5.88 Å². The highest BCUT2D eigenvalue weighted by atomic mass is 79.9. The number of halogens is 2. The summed E-state index contributed by atoms with van der Waals surface area (Å²) in [4.78, 5) is 4.87. The summed E-state index contributed by atoms with van der Waals surface area (Å²) in [7, 11) is 2.20. The molecule has 0 atom stereocenters. The average molecular weight is 332 g/mol. The van der Waals surface area contributed by atoms with Crippen molar-refractivity contribution in [1.82, 2.24) is 4.90 Å². The smallest absolute Gasteiger partial charge is 0.0494 e. The number of anilines is 1. The van der Waals surface area contributed by atoms with E-state index >= 15 is 0 Å². The number of benzene rings is 1. The van der Waals surface area contributed by atoms with Crippen molar-refractivity contribution in [3.05, 3.63) is 28.2 Å². The van der Waals surface area contributed by atoms with Gasteiger partial charge in [0.25, 0.3) is 0 Å². The van der Waals surface area contributed by atoms with Crippen molar-refractivity contribution in [2.24, 2.45) is 0 Å². The summed E-state index contributed by atoms with van der Waals surface area (Å²) in [6.45, 7) is 7.75. The number of hydrogen-bond donors (Lipinski definition) is 0. The van der Waals surface area contributed by atoms with E-state index in [1.807, 2.05) is 0 Å². The normalized spacial score (nSPS) is 20.2. The molecule has 2 nitrogen and oxygen atoms in total. The van der Waals surface area contributed by atoms with Gasteiger partial charge >= 0.3 is 0 Å². The molecule has 0 saturated carbocycles. The van der Waals surface area contributed by atoms with Crippen LogP contribution in [0.4, 0.5) is 5.69 Å². The van der Waals surface area contributed by atoms with Gasteiger partial charge in [-0.3, -0.25) is 4.90 Å². The summed E-state index contributed by atoms with van der Waals surface area (Å²) in [5, 5.41) is 0. The minimum absolute atomic E-state index is 0.199. The van der Waals surface area contributed by atoms with Crippen LogP contribution >= 0.6 is 27.5 Å². The van der Waals surface area contributed by atoms with Crippen LogP contribution in [0, 0.1) is 0 Å². The molecule has 100 valence electrons. The Hall–Kier alpha value is -0.250. The van der Waals surface area contributed by atoms with Crippen LogP contribution in [0.3, 0.4) is 0 Å². The summed E-state index contributed by atoms with van der Waals surface area (Å²) in [6, 6.07) is 6.35. The van der Waals surface area contributed by atoms with Crippen LogP contribution in [-0.2, 0) is 5.88 Å². The van der Waals surface area contributed by atoms with E-state index < -0.39 is 0 Å². The molecular formula is C14H20BrClN2. The average Bonchev–Trinajstić information content (AvgIpc) is 2.32. The Morgan fingerprint density at radius 1 is 1.33 bits per heavy atom. The standard InChI is InChI=1S/C14H20BrClN2/c1-14(2)10-18(7-6-17(14)3)13-8-12(15)5-4-11(13)9-16/h4-5,8H,6-7,9-10H2,1-3H3. The fraction of sp³-hybridized carbons (Fsp3) is 0.571. The molecule has 18 heavy (non-hydrogen) atoms. The van der Waals surface area contributed by atoms with Crippen LogP contribution in [0.1, 0.15) is 19.4 Å². The second kappa shape index (κ2) is 5.40. The molecule has 2 rings (SSSR count). The Labute approximate surface area is 123 Å². The van der Waals surface area contributed by atoms with Crippen LogP contribution in [-0.4, -0.2) is 37.1 Å². The minimum Gasteiger partial charge on any atom is -0.368 e. The van der Waals surface area contributed by atoms with E-state index in [4.69, 9.17) is 11.6 Å². The molecule has 0 N–H and O–H groups in total. The largest absolute Gasteiger partial charge is 0.368 e. The van der Waals surface area contributed by atoms with Crippen LogP contribution < -0.4 is 4.90 Å². The van der Waals surface area contributed by atoms with E-state index in [1.165, 1.54) is 11.3 Å². The zero-order valence-corrected chi connectivity index (χ0v) is 13.6. The van der Waals surface area contributed by atoms with Gasteiger partial charge in [-0.15, -0.1) is 11.6 Å². The molecule has 0 radical (unpaired) electrons. The zero-order valence-electron chi connectivity index (χ0n) is 11.2. The monoisotopic (exact) mass is 330 g/mol. The fourth-order valence-electron chi connectivity index (χ4n) is 2.39. The van der Waals surface area contributed by atoms with Gasteiger partial charge in [-0.05, 0) is 38.6 Å². The molecule has 0 aromatic heterocycles. The van der Waals surface area contributed by atoms with E-state index in [1.54, 1.807) is 0 Å². The fourth-order valence-corrected chi connectivity index (χ4v) is 2.97. The van der Waals surface area contributed by atoms with Crippen molar-refractivity contribution in [3.63, 3.8) is 0 Å². The zero-order chi connectivity index (χ0) is 13.3. The number of hydrogen-bond acceptors (Lipinski definition) is 2. The van der Waals surface area contributed by atoms with E-state index in [-0.39, 0.29) is 5.54 Å². The second-order valence-corrected chi connectivity index (χ2v) is 6.75. The summed E-state index contributed by atoms with van der Waals surface area (Å²) in [5.74, 6) is 0.565. The summed E-state index contributed by atoms with van der Waals surface area (Å²) < 4.78 is 1.11. The van der Waals surface area contributed by atoms with Crippen LogP contribution in [0.2, 0.25) is 0 Å². The number of alkyl halides is 1. The Balaban J connectivity index is 2.29. The molecule has 1 heterocycles. The van der Waals surface area contributed by atoms with Crippen molar-refractivity contribution in [3.8, 4) is 0 Å². The third-order valence-corrected chi connectivity index (χ3v) is 4.63. The number of piperazine rings is 1. The van der Waals surface area contributed by atoms with Gasteiger partial charge in [-0.1, -0.05) is 22.0 Å². The first-order chi connectivity index (χ1) is 8.44. The van der Waals surface area contributed by atoms with E-state index in [9.17, 15) is 0 Å². The topological polar surface area (TPSA) is 6.48 Å². The van der Waals surface area contributed by atoms with Gasteiger partial charge in [0.1, 0.15) is 0 Å². The Morgan fingerprint density at radius 2 is 2.06 bits per heavy atom. The summed E-state index contributed by atoms with van der Waals surface area (Å²) in [5.41, 5.74) is 2.67. The lowest BCUT2D eigenvalue weighted by molar-refractivity contribution is 0.139. The van der Waals surface area contributed by atoms with E-state index in [2.05, 4.69) is 64.8 Å². The first-order valence-corrected chi connectivity index (χ1v) is 7.57. The molecule has 1 aliphatic rings. The van der Waals surface area contributed by atoms with Crippen molar-refractivity contribution < 1.29 is 0 Å². The minimum atomic E-state index is 0.199. The quantitative estimate of drug-likeness (QED) is 0.762. The van der Waals surface area contributed by atoms with Crippen molar-refractivity contribution in [1.29, 1.82) is 0 Å². The predicted octanol–water partition coefficient (Wildman–Crippen LogP) is 3.72. The van der Waals surface area contributed by atoms with Gasteiger partial charge in [-0.2, -0.15) is 0 Å². The lowest BCUT2D eigenvalue weighted by Crippen LogP contribution is -2.57. The Morgan fingerprint density at radius 3 is 2.67 bits per heavy atom. The third-order valence-electron chi connectivity index (χ3n) is 3.85. The van der Waals surface area contributed by atoms with Gasteiger partial charge in [0.05, 0.1) is 0 Å². The van der Waals surface area contributed by atoms with Crippen molar-refractivity contribution >= 4 is 33.2 Å². The van der Waals surface area contributed by atoms with Gasteiger partial charge < -0.3 is 4.90 Å². The van der Waals surface area contributed by atoms with E-state index in [0.717, 1.165) is 24.1 Å². The molecule has 1 aromatic rings. The molecule has 4 heteroatoms. The van der Waals surface area contributed by atoms with Crippen LogP contribution in [0.5, 0.6) is 0 Å². The molecule has 0 bridgehead atoms. The molecule has 0 aliphatic carbocycles. The third kappa shape index (κ3) is 2.84. The maximum Gasteiger partial charge on any atom is 0.0494 e. The highest BCUT2D eigenvalue weighted by Crippen LogP contribution is 2.30. The van der Waals surface area contributed by atoms with Gasteiger partial charge in [0.2, 0.25) is 0 Å². The van der Waals surface area contributed by atoms with Gasteiger partial charge in [-0.25, -0.2) is 0 Å². The number of nitrogens with zero attached hydrogens (tertiary/aromatic N) is 2. The van der Waals surface area contributed by atoms with Crippen molar-refractivity contribution in [2.45, 2.75) is 25.3 Å². The lowest BCUT2D eigenvalue weighted by atomic mass is 9.98. The molecule has 1 aliphatic heterocycles. The van der Waals surface area contributed by atoms with Gasteiger partial charge in [0.15, 0.2) is 0 Å². The van der Waals surface area contributed by atoms with Crippen LogP contribution in [0.15, 0.2) is 22.7 Å². The maximum absolute atomic E-state index is 6.05. The first kappa shape index (κ1) is 14.2. The first-order valence-electron chi connectivity index (χ1n) is 6.24. The Kier molecular flexibility index (Phi) is 4.25. The van der Waals surface area contributed by atoms with Gasteiger partial charge in [0, 0.05) is 41.2 Å². The summed E-state index contributed by atoms with van der Waals surface area (Å²) >= 11 is 9.60. The molecule has 0 amide bonds. The second-order valence-electron chi connectivity index (χ2n) is 5.56. The van der Waals surface area contributed by atoms with Crippen molar-refractivity contribution in [2.75, 3.05) is 31.6 Å². The molecule has 0 unspecified atom stereocenters. The summed E-state index contributed by atoms with van der Waals surface area (Å²) in [6.07, 6.45) is 0. The molecule has 1 aromatic carbocycles. The molecule has 1 saturated heterocycles. The number of likely N-dealkylation sites (N-methyl/N-ethyl adjacent to an activating group) is 1. The predicted molar refractivity (Wildman–Crippen MR) is 82.6 cm³/mol. The lowest BCUT2D eigenvalue weighted by Gasteiger charge is -2.46. The number of rotatable bonds is 2.